The molecule has 0 aromatic heterocycles. The number of phenolic OH excluding ortho intramolecular Hbond substituents is 3. The lowest BCUT2D eigenvalue weighted by Gasteiger charge is -2.61. The Bertz CT molecular complexity index is 1760. The van der Waals surface area contributed by atoms with E-state index in [4.69, 9.17) is 0 Å². The molecular formula is C28H19NO9. The number of phenols is 3. The molecule has 0 unspecified atom stereocenters. The standard InChI is InChI=1S/C28H19NO9/c1-9-22(33)25(36)20-10-4-2-3-5-11(10)26-27(9,37)28(20,38)12-8-15(32)18-19(21(12)29-26)24(35)17-14(31)7-6-13(30)16(17)23(18)34/h2-8,20,26,29-33,37-38H,1H3/t20-,26+,27-,28+/m1/s1. The van der Waals surface area contributed by atoms with Crippen molar-refractivity contribution in [1.82, 2.24) is 0 Å². The highest BCUT2D eigenvalue weighted by molar-refractivity contribution is 6.33. The van der Waals surface area contributed by atoms with Crippen LogP contribution >= 0.6 is 0 Å². The average Bonchev–Trinajstić information content (AvgIpc) is 2.88. The van der Waals surface area contributed by atoms with E-state index in [1.165, 1.54) is 6.92 Å². The van der Waals surface area contributed by atoms with Gasteiger partial charge in [-0.3, -0.25) is 14.4 Å². The number of rotatable bonds is 0. The van der Waals surface area contributed by atoms with Crippen molar-refractivity contribution < 1.29 is 45.0 Å². The molecule has 1 heterocycles. The molecule has 3 aromatic carbocycles. The first kappa shape index (κ1) is 22.5. The number of hydrogen-bond donors (Lipinski definition) is 7. The summed E-state index contributed by atoms with van der Waals surface area (Å²) >= 11 is 0. The van der Waals surface area contributed by atoms with Gasteiger partial charge in [0.05, 0.1) is 39.9 Å². The van der Waals surface area contributed by atoms with E-state index in [1.807, 2.05) is 0 Å². The summed E-state index contributed by atoms with van der Waals surface area (Å²) in [6, 6.07) is 8.43. The third kappa shape index (κ3) is 2.13. The SMILES string of the molecule is CC1=C(O)C(=O)[C@H]2c3ccccc3[C@@H]3Nc4c(cc(O)c5c4C(=O)c4c(O)ccc(O)c4C5=O)[C@@]2(O)[C@@]13O. The van der Waals surface area contributed by atoms with Gasteiger partial charge in [-0.25, -0.2) is 0 Å². The molecule has 0 amide bonds. The lowest BCUT2D eigenvalue weighted by Crippen LogP contribution is -2.69. The third-order valence-corrected chi connectivity index (χ3v) is 8.53. The van der Waals surface area contributed by atoms with E-state index in [0.29, 0.717) is 11.1 Å². The number of aromatic hydroxyl groups is 3. The van der Waals surface area contributed by atoms with Crippen LogP contribution in [0.2, 0.25) is 0 Å². The molecular weight excluding hydrogens is 494 g/mol. The largest absolute Gasteiger partial charge is 0.507 e. The molecule has 0 fully saturated rings. The van der Waals surface area contributed by atoms with Crippen LogP contribution in [0.5, 0.6) is 17.2 Å². The number of anilines is 1. The minimum Gasteiger partial charge on any atom is -0.507 e. The fourth-order valence-corrected chi connectivity index (χ4v) is 6.82. The molecule has 0 radical (unpaired) electrons. The Labute approximate surface area is 213 Å². The van der Waals surface area contributed by atoms with Crippen molar-refractivity contribution in [2.45, 2.75) is 30.1 Å². The Morgan fingerprint density at radius 3 is 1.92 bits per heavy atom. The number of aliphatic hydroxyl groups is 3. The van der Waals surface area contributed by atoms with Gasteiger partial charge < -0.3 is 36.0 Å². The van der Waals surface area contributed by atoms with Crippen LogP contribution in [-0.4, -0.2) is 53.6 Å². The first-order valence-corrected chi connectivity index (χ1v) is 11.8. The number of ketones is 3. The minimum absolute atomic E-state index is 0.122. The minimum atomic E-state index is -2.48. The Hall–Kier alpha value is -4.67. The molecule has 10 heteroatoms. The maximum Gasteiger partial charge on any atom is 0.207 e. The third-order valence-electron chi connectivity index (χ3n) is 8.53. The van der Waals surface area contributed by atoms with Crippen molar-refractivity contribution in [2.24, 2.45) is 0 Å². The van der Waals surface area contributed by atoms with Gasteiger partial charge in [0.1, 0.15) is 28.5 Å². The average molecular weight is 513 g/mol. The van der Waals surface area contributed by atoms with E-state index >= 15 is 0 Å². The molecule has 4 atom stereocenters. The molecule has 4 aliphatic rings. The molecule has 190 valence electrons. The van der Waals surface area contributed by atoms with Gasteiger partial charge in [-0.05, 0) is 36.2 Å². The van der Waals surface area contributed by atoms with Crippen molar-refractivity contribution in [3.8, 4) is 17.2 Å². The zero-order valence-corrected chi connectivity index (χ0v) is 19.6. The van der Waals surface area contributed by atoms with Gasteiger partial charge in [0.15, 0.2) is 5.76 Å². The van der Waals surface area contributed by atoms with Crippen LogP contribution in [-0.2, 0) is 10.4 Å². The molecule has 10 nitrogen and oxygen atoms in total. The Morgan fingerprint density at radius 2 is 1.29 bits per heavy atom. The number of allylic oxidation sites excluding steroid dienone is 1. The number of hydrogen-bond acceptors (Lipinski definition) is 10. The second kappa shape index (κ2) is 6.60. The maximum absolute atomic E-state index is 13.8. The lowest BCUT2D eigenvalue weighted by atomic mass is 9.50. The number of benzene rings is 3. The van der Waals surface area contributed by atoms with Crippen LogP contribution in [0.15, 0.2) is 53.8 Å². The summed E-state index contributed by atoms with van der Waals surface area (Å²) in [5.41, 5.74) is -6.39. The fraction of sp³-hybridized carbons (Fsp3) is 0.179. The summed E-state index contributed by atoms with van der Waals surface area (Å²) in [5, 5.41) is 70.1. The van der Waals surface area contributed by atoms with E-state index in [0.717, 1.165) is 18.2 Å². The van der Waals surface area contributed by atoms with Crippen molar-refractivity contribution in [3.63, 3.8) is 0 Å². The molecule has 38 heavy (non-hydrogen) atoms. The molecule has 7 rings (SSSR count). The summed E-state index contributed by atoms with van der Waals surface area (Å²) in [6.45, 7) is 1.31. The van der Waals surface area contributed by atoms with Crippen LogP contribution in [0.1, 0.15) is 67.4 Å². The van der Waals surface area contributed by atoms with E-state index in [1.54, 1.807) is 24.3 Å². The van der Waals surface area contributed by atoms with E-state index in [-0.39, 0.29) is 22.4 Å². The molecule has 7 N–H and O–H groups in total. The first-order chi connectivity index (χ1) is 18.0. The quantitative estimate of drug-likeness (QED) is 0.172. The first-order valence-electron chi connectivity index (χ1n) is 11.8. The van der Waals surface area contributed by atoms with Gasteiger partial charge in [-0.15, -0.1) is 0 Å². The lowest BCUT2D eigenvalue weighted by molar-refractivity contribution is -0.185. The van der Waals surface area contributed by atoms with Gasteiger partial charge in [0.25, 0.3) is 0 Å². The summed E-state index contributed by atoms with van der Waals surface area (Å²) in [4.78, 5) is 40.7. The van der Waals surface area contributed by atoms with Crippen LogP contribution in [0.25, 0.3) is 0 Å². The van der Waals surface area contributed by atoms with Crippen LogP contribution < -0.4 is 5.32 Å². The van der Waals surface area contributed by atoms with Crippen molar-refractivity contribution >= 4 is 23.0 Å². The van der Waals surface area contributed by atoms with E-state index < -0.39 is 80.2 Å². The van der Waals surface area contributed by atoms with Crippen molar-refractivity contribution in [3.05, 3.63) is 92.7 Å². The number of carbonyl (C=O) groups is 3. The highest BCUT2D eigenvalue weighted by Crippen LogP contribution is 2.66. The molecule has 0 spiro atoms. The van der Waals surface area contributed by atoms with E-state index in [9.17, 15) is 45.0 Å². The van der Waals surface area contributed by atoms with Gasteiger partial charge in [-0.1, -0.05) is 24.3 Å². The monoisotopic (exact) mass is 513 g/mol. The molecule has 0 saturated heterocycles. The van der Waals surface area contributed by atoms with Gasteiger partial charge in [0, 0.05) is 11.1 Å². The summed E-state index contributed by atoms with van der Waals surface area (Å²) in [5.74, 6) is -6.81. The maximum atomic E-state index is 13.8. The molecule has 3 aromatic rings. The summed E-state index contributed by atoms with van der Waals surface area (Å²) < 4.78 is 0. The number of nitrogens with one attached hydrogen (secondary N) is 1. The number of carbonyl (C=O) groups excluding carboxylic acids is 3. The summed E-state index contributed by atoms with van der Waals surface area (Å²) in [6.07, 6.45) is 0. The van der Waals surface area contributed by atoms with Crippen LogP contribution in [0.4, 0.5) is 5.69 Å². The molecule has 1 aliphatic heterocycles. The van der Waals surface area contributed by atoms with Crippen LogP contribution in [0, 0.1) is 0 Å². The number of Topliss-reactive ketones (excluding diaryl/α,β-unsaturated/α-hetero) is 1. The Kier molecular flexibility index (Phi) is 3.91. The van der Waals surface area contributed by atoms with E-state index in [2.05, 4.69) is 5.32 Å². The van der Waals surface area contributed by atoms with Crippen LogP contribution in [0.3, 0.4) is 0 Å². The Balaban J connectivity index is 1.62. The predicted octanol–water partition coefficient (Wildman–Crippen LogP) is 2.18. The van der Waals surface area contributed by atoms with Gasteiger partial charge >= 0.3 is 0 Å². The molecule has 4 bridgehead atoms. The molecule has 0 saturated carbocycles. The number of fused-ring (bicyclic) bond motifs is 7. The Morgan fingerprint density at radius 1 is 0.737 bits per heavy atom. The zero-order valence-electron chi connectivity index (χ0n) is 19.6. The smallest absolute Gasteiger partial charge is 0.207 e. The van der Waals surface area contributed by atoms with Gasteiger partial charge in [0.2, 0.25) is 17.3 Å². The molecule has 3 aliphatic carbocycles. The predicted molar refractivity (Wildman–Crippen MR) is 129 cm³/mol. The second-order valence-electron chi connectivity index (χ2n) is 10.1. The van der Waals surface area contributed by atoms with Crippen molar-refractivity contribution in [1.29, 1.82) is 0 Å². The number of aliphatic hydroxyl groups excluding tert-OH is 1. The second-order valence-corrected chi connectivity index (χ2v) is 10.1. The topological polar surface area (TPSA) is 185 Å². The fourth-order valence-electron chi connectivity index (χ4n) is 6.82. The highest BCUT2D eigenvalue weighted by Gasteiger charge is 2.72. The highest BCUT2D eigenvalue weighted by atomic mass is 16.4. The summed E-state index contributed by atoms with van der Waals surface area (Å²) in [7, 11) is 0. The normalized spacial score (nSPS) is 28.2. The zero-order chi connectivity index (χ0) is 27.0. The van der Waals surface area contributed by atoms with Gasteiger partial charge in [-0.2, -0.15) is 0 Å². The van der Waals surface area contributed by atoms with Crippen molar-refractivity contribution in [2.75, 3.05) is 5.32 Å².